The third-order valence-electron chi connectivity index (χ3n) is 6.04. The molecule has 1 N–H and O–H groups in total. The van der Waals surface area contributed by atoms with Gasteiger partial charge in [-0.1, -0.05) is 12.1 Å². The van der Waals surface area contributed by atoms with Gasteiger partial charge in [0.05, 0.1) is 28.3 Å². The Morgan fingerprint density at radius 2 is 2.03 bits per heavy atom. The number of nitrogens with one attached hydrogen (secondary N) is 1. The van der Waals surface area contributed by atoms with Crippen molar-refractivity contribution in [3.05, 3.63) is 51.9 Å². The number of esters is 1. The van der Waals surface area contributed by atoms with E-state index in [0.717, 1.165) is 16.3 Å². The van der Waals surface area contributed by atoms with Crippen LogP contribution in [0.2, 0.25) is 0 Å². The third kappa shape index (κ3) is 4.59. The van der Waals surface area contributed by atoms with Crippen LogP contribution in [0, 0.1) is 5.82 Å². The van der Waals surface area contributed by atoms with E-state index in [2.05, 4.69) is 10.3 Å². The smallest absolute Gasteiger partial charge is 0.407 e. The van der Waals surface area contributed by atoms with Crippen molar-refractivity contribution in [2.75, 3.05) is 24.6 Å². The molecule has 4 aromatic rings. The van der Waals surface area contributed by atoms with E-state index in [0.29, 0.717) is 24.3 Å². The van der Waals surface area contributed by atoms with Crippen LogP contribution in [-0.2, 0) is 9.47 Å². The van der Waals surface area contributed by atoms with Crippen molar-refractivity contribution in [3.8, 4) is 0 Å². The van der Waals surface area contributed by atoms with Gasteiger partial charge in [0.1, 0.15) is 16.0 Å². The summed E-state index contributed by atoms with van der Waals surface area (Å²) in [4.78, 5) is 45.1. The average Bonchev–Trinajstić information content (AvgIpc) is 3.42. The first-order valence-corrected chi connectivity index (χ1v) is 12.9. The summed E-state index contributed by atoms with van der Waals surface area (Å²) < 4.78 is 28.5. The number of aromatic nitrogens is 2. The van der Waals surface area contributed by atoms with E-state index >= 15 is 4.39 Å². The molecule has 37 heavy (non-hydrogen) atoms. The lowest BCUT2D eigenvalue weighted by molar-refractivity contribution is 0.0504. The van der Waals surface area contributed by atoms with Gasteiger partial charge in [0.2, 0.25) is 5.43 Å². The van der Waals surface area contributed by atoms with Crippen molar-refractivity contribution in [2.24, 2.45) is 0 Å². The Kier molecular flexibility index (Phi) is 6.26. The van der Waals surface area contributed by atoms with Crippen LogP contribution >= 0.6 is 11.3 Å². The molecule has 1 unspecified atom stereocenters. The number of hydrogen-bond acceptors (Lipinski definition) is 8. The Hall–Kier alpha value is -3.73. The van der Waals surface area contributed by atoms with E-state index in [-0.39, 0.29) is 35.1 Å². The van der Waals surface area contributed by atoms with Gasteiger partial charge in [-0.15, -0.1) is 11.3 Å². The maximum Gasteiger partial charge on any atom is 0.407 e. The summed E-state index contributed by atoms with van der Waals surface area (Å²) >= 11 is 1.28. The predicted molar refractivity (Wildman–Crippen MR) is 140 cm³/mol. The molecule has 1 aliphatic rings. The van der Waals surface area contributed by atoms with Gasteiger partial charge in [0.25, 0.3) is 0 Å². The number of amides is 1. The largest absolute Gasteiger partial charge is 0.462 e. The van der Waals surface area contributed by atoms with Crippen molar-refractivity contribution in [1.82, 2.24) is 14.7 Å². The van der Waals surface area contributed by atoms with Gasteiger partial charge < -0.3 is 19.7 Å². The molecule has 1 amide bonds. The number of rotatable bonds is 4. The molecule has 1 fully saturated rings. The molecule has 11 heteroatoms. The molecule has 1 aromatic carbocycles. The van der Waals surface area contributed by atoms with Gasteiger partial charge in [0, 0.05) is 13.1 Å². The maximum atomic E-state index is 15.4. The molecule has 5 rings (SSSR count). The number of halogens is 1. The number of hydrogen-bond donors (Lipinski definition) is 1. The number of carbonyl (C=O) groups excluding carboxylic acids is 2. The fourth-order valence-electron chi connectivity index (χ4n) is 4.55. The Balaban J connectivity index is 1.61. The minimum absolute atomic E-state index is 0.00650. The van der Waals surface area contributed by atoms with Crippen molar-refractivity contribution < 1.29 is 23.5 Å². The molecule has 0 bridgehead atoms. The SMILES string of the molecule is CCOC(=O)c1c(=O)c2cc(F)c(N3CCC(NC(=O)OC(C)(C)C)C3)nc2n2c1sc1ccccc12. The fraction of sp³-hybridized carbons (Fsp3) is 0.385. The summed E-state index contributed by atoms with van der Waals surface area (Å²) in [6, 6.07) is 8.34. The van der Waals surface area contributed by atoms with Crippen LogP contribution in [0.1, 0.15) is 44.5 Å². The van der Waals surface area contributed by atoms with Gasteiger partial charge in [-0.25, -0.2) is 19.0 Å². The Morgan fingerprint density at radius 3 is 2.76 bits per heavy atom. The molecule has 0 radical (unpaired) electrons. The topological polar surface area (TPSA) is 102 Å². The van der Waals surface area contributed by atoms with Crippen LogP contribution in [0.5, 0.6) is 0 Å². The highest BCUT2D eigenvalue weighted by Gasteiger charge is 2.30. The summed E-state index contributed by atoms with van der Waals surface area (Å²) in [5, 5.41) is 2.82. The first-order chi connectivity index (χ1) is 17.6. The second-order valence-corrected chi connectivity index (χ2v) is 10.9. The maximum absolute atomic E-state index is 15.4. The van der Waals surface area contributed by atoms with E-state index in [1.807, 2.05) is 24.3 Å². The molecule has 1 saturated heterocycles. The van der Waals surface area contributed by atoms with E-state index in [4.69, 9.17) is 9.47 Å². The predicted octanol–water partition coefficient (Wildman–Crippen LogP) is 4.48. The number of benzene rings is 1. The number of fused-ring (bicyclic) bond motifs is 5. The monoisotopic (exact) mass is 526 g/mol. The second kappa shape index (κ2) is 9.29. The highest BCUT2D eigenvalue weighted by Crippen LogP contribution is 2.33. The number of ether oxygens (including phenoxy) is 2. The molecule has 0 aliphatic carbocycles. The zero-order chi connectivity index (χ0) is 26.5. The van der Waals surface area contributed by atoms with Gasteiger partial charge >= 0.3 is 12.1 Å². The fourth-order valence-corrected chi connectivity index (χ4v) is 5.72. The molecular weight excluding hydrogens is 499 g/mol. The summed E-state index contributed by atoms with van der Waals surface area (Å²) in [7, 11) is 0. The van der Waals surface area contributed by atoms with Gasteiger partial charge in [-0.2, -0.15) is 0 Å². The van der Waals surface area contributed by atoms with E-state index in [1.165, 1.54) is 11.3 Å². The lowest BCUT2D eigenvalue weighted by Crippen LogP contribution is -2.40. The number of alkyl carbamates (subject to hydrolysis) is 1. The molecule has 194 valence electrons. The number of carbonyl (C=O) groups is 2. The number of pyridine rings is 2. The number of anilines is 1. The van der Waals surface area contributed by atoms with E-state index in [9.17, 15) is 14.4 Å². The molecular formula is C26H27FN4O5S. The normalized spacial score (nSPS) is 16.0. The molecule has 0 spiro atoms. The summed E-state index contributed by atoms with van der Waals surface area (Å²) in [6.45, 7) is 7.90. The Labute approximate surface area is 215 Å². The lowest BCUT2D eigenvalue weighted by Gasteiger charge is -2.22. The zero-order valence-electron chi connectivity index (χ0n) is 21.0. The summed E-state index contributed by atoms with van der Waals surface area (Å²) in [5.74, 6) is -1.36. The van der Waals surface area contributed by atoms with Crippen LogP contribution in [0.3, 0.4) is 0 Å². The number of thiazole rings is 1. The van der Waals surface area contributed by atoms with Gasteiger partial charge in [-0.05, 0) is 52.3 Å². The Morgan fingerprint density at radius 1 is 1.27 bits per heavy atom. The van der Waals surface area contributed by atoms with Crippen LogP contribution in [-0.4, -0.2) is 52.8 Å². The van der Waals surface area contributed by atoms with Gasteiger partial charge in [0.15, 0.2) is 17.3 Å². The zero-order valence-corrected chi connectivity index (χ0v) is 21.8. The van der Waals surface area contributed by atoms with Crippen molar-refractivity contribution in [2.45, 2.75) is 45.8 Å². The first-order valence-electron chi connectivity index (χ1n) is 12.1. The average molecular weight is 527 g/mol. The van der Waals surface area contributed by atoms with Crippen LogP contribution in [0.25, 0.3) is 26.1 Å². The molecule has 9 nitrogen and oxygen atoms in total. The summed E-state index contributed by atoms with van der Waals surface area (Å²) in [6.07, 6.45) is 0.0486. The molecule has 0 saturated carbocycles. The van der Waals surface area contributed by atoms with Crippen molar-refractivity contribution in [1.29, 1.82) is 0 Å². The van der Waals surface area contributed by atoms with Crippen LogP contribution in [0.4, 0.5) is 15.0 Å². The quantitative estimate of drug-likeness (QED) is 0.391. The van der Waals surface area contributed by atoms with Crippen molar-refractivity contribution in [3.63, 3.8) is 0 Å². The summed E-state index contributed by atoms with van der Waals surface area (Å²) in [5.41, 5.74) is -0.380. The molecule has 1 aliphatic heterocycles. The lowest BCUT2D eigenvalue weighted by atomic mass is 10.2. The number of nitrogens with zero attached hydrogens (tertiary/aromatic N) is 3. The molecule has 3 aromatic heterocycles. The minimum atomic E-state index is -0.751. The highest BCUT2D eigenvalue weighted by molar-refractivity contribution is 7.24. The van der Waals surface area contributed by atoms with Crippen LogP contribution in [0.15, 0.2) is 35.1 Å². The number of para-hydroxylation sites is 1. The van der Waals surface area contributed by atoms with E-state index < -0.39 is 28.9 Å². The molecule has 4 heterocycles. The Bertz CT molecular complexity index is 1610. The van der Waals surface area contributed by atoms with Gasteiger partial charge in [-0.3, -0.25) is 9.20 Å². The molecule has 1 atom stereocenters. The third-order valence-corrected chi connectivity index (χ3v) is 7.18. The second-order valence-electron chi connectivity index (χ2n) is 9.88. The standard InChI is InChI=1S/C26H27FN4O5S/c1-5-35-24(33)19-20(32)15-12-16(27)22(30-11-10-14(13-30)28-25(34)36-26(2,3)4)29-21(15)31-17-8-6-7-9-18(17)37-23(19)31/h6-9,12,14H,5,10-11,13H2,1-4H3,(H,28,34). The first kappa shape index (κ1) is 24.9. The van der Waals surface area contributed by atoms with E-state index in [1.54, 1.807) is 37.0 Å². The highest BCUT2D eigenvalue weighted by atomic mass is 32.1. The minimum Gasteiger partial charge on any atom is -0.462 e. The van der Waals surface area contributed by atoms with Crippen LogP contribution < -0.4 is 15.6 Å². The van der Waals surface area contributed by atoms with Crippen molar-refractivity contribution >= 4 is 55.3 Å².